The van der Waals surface area contributed by atoms with Crippen molar-refractivity contribution < 1.29 is 18.7 Å². The van der Waals surface area contributed by atoms with Crippen LogP contribution in [0.3, 0.4) is 0 Å². The van der Waals surface area contributed by atoms with Crippen molar-refractivity contribution in [2.24, 2.45) is 9.98 Å². The number of nitriles is 2. The smallest absolute Gasteiger partial charge is 0.223 e. The Kier molecular flexibility index (Phi) is 9.38. The topological polar surface area (TPSA) is 142 Å². The van der Waals surface area contributed by atoms with Crippen LogP contribution in [-0.4, -0.2) is 98.8 Å². The van der Waals surface area contributed by atoms with E-state index < -0.39 is 18.4 Å². The molecule has 1 unspecified atom stereocenters. The van der Waals surface area contributed by atoms with Crippen molar-refractivity contribution in [2.75, 3.05) is 62.7 Å². The number of guanidine groups is 1. The largest absolute Gasteiger partial charge is 0.486 e. The monoisotopic (exact) mass is 613 g/mol. The van der Waals surface area contributed by atoms with Crippen molar-refractivity contribution in [1.29, 1.82) is 10.5 Å². The van der Waals surface area contributed by atoms with E-state index in [0.29, 0.717) is 24.1 Å². The van der Waals surface area contributed by atoms with Gasteiger partial charge in [0.25, 0.3) is 0 Å². The van der Waals surface area contributed by atoms with Crippen LogP contribution in [0.5, 0.6) is 5.75 Å². The van der Waals surface area contributed by atoms with Gasteiger partial charge in [0.1, 0.15) is 17.9 Å². The summed E-state index contributed by atoms with van der Waals surface area (Å²) in [5.41, 5.74) is 3.00. The van der Waals surface area contributed by atoms with Crippen LogP contribution in [0.2, 0.25) is 0 Å². The zero-order valence-electron chi connectivity index (χ0n) is 24.9. The van der Waals surface area contributed by atoms with Gasteiger partial charge in [-0.25, -0.2) is 14.4 Å². The number of nitrogens with one attached hydrogen (secondary N) is 2. The lowest BCUT2D eigenvalue weighted by Crippen LogP contribution is -2.56. The summed E-state index contributed by atoms with van der Waals surface area (Å²) in [4.78, 5) is 27.6. The van der Waals surface area contributed by atoms with Gasteiger partial charge in [-0.1, -0.05) is 6.07 Å². The van der Waals surface area contributed by atoms with Gasteiger partial charge in [-0.3, -0.25) is 9.69 Å². The fraction of sp³-hybridized carbons (Fsp3) is 0.469. The van der Waals surface area contributed by atoms with Gasteiger partial charge in [0.15, 0.2) is 12.3 Å². The molecule has 6 rings (SSSR count). The number of ether oxygens (including phenoxy) is 2. The Balaban J connectivity index is 1.04. The molecule has 1 amide bonds. The van der Waals surface area contributed by atoms with Crippen molar-refractivity contribution in [3.05, 3.63) is 53.6 Å². The minimum Gasteiger partial charge on any atom is -0.486 e. The molecule has 234 valence electrons. The summed E-state index contributed by atoms with van der Waals surface area (Å²) in [5, 5.41) is 24.9. The third-order valence-electron chi connectivity index (χ3n) is 8.60. The summed E-state index contributed by atoms with van der Waals surface area (Å²) in [7, 11) is 0. The summed E-state index contributed by atoms with van der Waals surface area (Å²) >= 11 is 0. The average molecular weight is 614 g/mol. The molecule has 0 aromatic heterocycles. The van der Waals surface area contributed by atoms with E-state index in [9.17, 15) is 14.4 Å². The zero-order valence-corrected chi connectivity index (χ0v) is 24.9. The first-order valence-corrected chi connectivity index (χ1v) is 15.3. The number of hydrogen-bond acceptors (Lipinski definition) is 11. The van der Waals surface area contributed by atoms with E-state index in [2.05, 4.69) is 48.6 Å². The molecule has 3 saturated heterocycles. The maximum absolute atomic E-state index is 14.9. The third-order valence-corrected chi connectivity index (χ3v) is 8.60. The lowest BCUT2D eigenvalue weighted by atomic mass is 10.0. The first kappa shape index (κ1) is 30.3. The first-order chi connectivity index (χ1) is 22.0. The zero-order chi connectivity index (χ0) is 31.2. The number of amides is 1. The normalized spacial score (nSPS) is 23.6. The van der Waals surface area contributed by atoms with E-state index >= 15 is 0 Å². The summed E-state index contributed by atoms with van der Waals surface area (Å²) in [5.74, 6) is 0.560. The number of carbonyl (C=O) groups is 1. The quantitative estimate of drug-likeness (QED) is 0.460. The van der Waals surface area contributed by atoms with Crippen LogP contribution in [0.25, 0.3) is 0 Å². The van der Waals surface area contributed by atoms with E-state index in [0.717, 1.165) is 45.1 Å². The lowest BCUT2D eigenvalue weighted by Gasteiger charge is -2.43. The molecule has 0 saturated carbocycles. The van der Waals surface area contributed by atoms with Crippen LogP contribution in [0.4, 0.5) is 15.8 Å². The number of likely N-dealkylation sites (tertiary alicyclic amines) is 1. The van der Waals surface area contributed by atoms with Crippen molar-refractivity contribution in [3.63, 3.8) is 0 Å². The van der Waals surface area contributed by atoms with Gasteiger partial charge in [-0.2, -0.15) is 10.5 Å². The van der Waals surface area contributed by atoms with Crippen molar-refractivity contribution in [3.8, 4) is 17.9 Å². The third kappa shape index (κ3) is 7.17. The van der Waals surface area contributed by atoms with Crippen molar-refractivity contribution >= 4 is 29.6 Å². The number of rotatable bonds is 8. The Morgan fingerprint density at radius 3 is 2.60 bits per heavy atom. The predicted molar refractivity (Wildman–Crippen MR) is 167 cm³/mol. The van der Waals surface area contributed by atoms with Crippen molar-refractivity contribution in [1.82, 2.24) is 15.1 Å². The molecule has 45 heavy (non-hydrogen) atoms. The van der Waals surface area contributed by atoms with Crippen molar-refractivity contribution in [2.45, 2.75) is 43.7 Å². The number of aliphatic imine (C=N–C) groups is 2. The number of benzene rings is 2. The Morgan fingerprint density at radius 1 is 1.11 bits per heavy atom. The van der Waals surface area contributed by atoms with Gasteiger partial charge in [0.05, 0.1) is 43.8 Å². The first-order valence-electron chi connectivity index (χ1n) is 15.3. The number of hydrogen-bond donors (Lipinski definition) is 2. The number of anilines is 2. The molecular formula is C32H36FN9O3. The maximum atomic E-state index is 14.9. The highest BCUT2D eigenvalue weighted by Crippen LogP contribution is 2.30. The van der Waals surface area contributed by atoms with Gasteiger partial charge < -0.3 is 29.9 Å². The molecule has 4 aliphatic heterocycles. The fourth-order valence-corrected chi connectivity index (χ4v) is 5.89. The SMILES string of the molecule is N#CCCC(=O)N1CC[C@H](Oc2ccc(C3N=CNC(Nc4ccc(N5CCN(C6COC6)CC5)cc4)=N3)cc2C#N)[C@H](F)C1. The van der Waals surface area contributed by atoms with E-state index in [-0.39, 0.29) is 43.0 Å². The number of carbonyl (C=O) groups excluding carboxylic acids is 1. The molecule has 0 aliphatic carbocycles. The van der Waals surface area contributed by atoms with E-state index in [1.807, 2.05) is 18.2 Å². The van der Waals surface area contributed by atoms with Gasteiger partial charge in [0, 0.05) is 63.4 Å². The highest BCUT2D eigenvalue weighted by Gasteiger charge is 2.33. The Bertz CT molecular complexity index is 1510. The van der Waals surface area contributed by atoms with Crippen LogP contribution >= 0.6 is 0 Å². The van der Waals surface area contributed by atoms with Gasteiger partial charge in [0.2, 0.25) is 11.9 Å². The molecule has 4 aliphatic rings. The Morgan fingerprint density at radius 2 is 1.91 bits per heavy atom. The molecule has 0 bridgehead atoms. The molecule has 2 aromatic carbocycles. The second kappa shape index (κ2) is 13.9. The summed E-state index contributed by atoms with van der Waals surface area (Å²) in [6.45, 7) is 5.99. The number of piperidine rings is 1. The number of piperazine rings is 1. The Labute approximate surface area is 261 Å². The van der Waals surface area contributed by atoms with E-state index in [1.165, 1.54) is 10.6 Å². The van der Waals surface area contributed by atoms with Crippen LogP contribution in [0, 0.1) is 22.7 Å². The van der Waals surface area contributed by atoms with Crippen LogP contribution in [-0.2, 0) is 9.53 Å². The number of nitrogens with zero attached hydrogens (tertiary/aromatic N) is 7. The standard InChI is InChI=1S/C32H36FN9O3/c33-27-18-42(30(43)2-1-10-34)11-9-29(27)45-28-8-3-22(16-23(28)17-35)31-36-21-37-32(39-31)38-24-4-6-25(7-5-24)40-12-14-41(15-13-40)26-19-44-20-26/h3-8,16,21,26-27,29,31H,1-2,9,11-15,18-20H2,(H2,36,37,38,39)/t27-,29+,31?/m1/s1. The van der Waals surface area contributed by atoms with Crippen LogP contribution < -0.4 is 20.3 Å². The maximum Gasteiger partial charge on any atom is 0.223 e. The lowest BCUT2D eigenvalue weighted by molar-refractivity contribution is -0.135. The average Bonchev–Trinajstić information content (AvgIpc) is 3.05. The van der Waals surface area contributed by atoms with E-state index in [4.69, 9.17) is 14.7 Å². The summed E-state index contributed by atoms with van der Waals surface area (Å²) in [6.07, 6.45) is -0.732. The number of halogens is 1. The molecule has 4 heterocycles. The molecule has 12 nitrogen and oxygen atoms in total. The molecule has 13 heteroatoms. The molecule has 0 spiro atoms. The minimum absolute atomic E-state index is 0.0784. The molecule has 0 radical (unpaired) electrons. The second-order valence-corrected chi connectivity index (χ2v) is 11.5. The predicted octanol–water partition coefficient (Wildman–Crippen LogP) is 2.80. The molecule has 3 atom stereocenters. The van der Waals surface area contributed by atoms with Gasteiger partial charge in [-0.05, 0) is 42.0 Å². The molecular weight excluding hydrogens is 577 g/mol. The molecule has 2 N–H and O–H groups in total. The highest BCUT2D eigenvalue weighted by atomic mass is 19.1. The number of alkyl halides is 1. The second-order valence-electron chi connectivity index (χ2n) is 11.5. The van der Waals surface area contributed by atoms with Gasteiger partial charge >= 0.3 is 0 Å². The highest BCUT2D eigenvalue weighted by molar-refractivity contribution is 6.01. The molecule has 2 aromatic rings. The Hall–Kier alpha value is -4.72. The molecule has 3 fully saturated rings. The fourth-order valence-electron chi connectivity index (χ4n) is 5.89. The summed E-state index contributed by atoms with van der Waals surface area (Å²) < 4.78 is 26.2. The van der Waals surface area contributed by atoms with Crippen LogP contribution in [0.1, 0.15) is 36.6 Å². The van der Waals surface area contributed by atoms with Crippen LogP contribution in [0.15, 0.2) is 52.4 Å². The van der Waals surface area contributed by atoms with E-state index in [1.54, 1.807) is 24.5 Å². The van der Waals surface area contributed by atoms with Gasteiger partial charge in [-0.15, -0.1) is 0 Å². The summed E-state index contributed by atoms with van der Waals surface area (Å²) in [6, 6.07) is 18.0. The minimum atomic E-state index is -1.41.